The molecule has 2 N–H and O–H groups in total. The van der Waals surface area contributed by atoms with Crippen LogP contribution in [0.4, 0.5) is 0 Å². The minimum Gasteiger partial charge on any atom is -0.445 e. The highest BCUT2D eigenvalue weighted by Crippen LogP contribution is 2.34. The molecule has 108 valence electrons. The molecule has 0 radical (unpaired) electrons. The van der Waals surface area contributed by atoms with E-state index in [0.717, 1.165) is 24.5 Å². The van der Waals surface area contributed by atoms with E-state index in [0.29, 0.717) is 12.6 Å². The Morgan fingerprint density at radius 1 is 1.38 bits per heavy atom. The van der Waals surface area contributed by atoms with E-state index < -0.39 is 0 Å². The smallest absolute Gasteiger partial charge is 0.208 e. The van der Waals surface area contributed by atoms with Crippen LogP contribution in [0.25, 0.3) is 10.9 Å². The minimum atomic E-state index is 0.355. The number of nitrogens with zero attached hydrogens (tertiary/aromatic N) is 1. The van der Waals surface area contributed by atoms with Crippen molar-refractivity contribution in [1.82, 2.24) is 15.3 Å². The summed E-state index contributed by atoms with van der Waals surface area (Å²) >= 11 is 0. The standard InChI is InChI=1S/C17H19N3O/c1-11-9-19-16(21-11)10-18-15-8-4-6-13-12-5-2-3-7-14(12)20-17(13)15/h2-3,5,7,9,15,18,20H,4,6,8,10H2,1H3. The number of H-pyrrole nitrogens is 1. The third-order valence-corrected chi connectivity index (χ3v) is 4.28. The zero-order chi connectivity index (χ0) is 14.2. The van der Waals surface area contributed by atoms with Crippen LogP contribution in [0.1, 0.15) is 41.8 Å². The Bertz CT molecular complexity index is 771. The summed E-state index contributed by atoms with van der Waals surface area (Å²) in [6, 6.07) is 8.92. The maximum absolute atomic E-state index is 5.54. The Morgan fingerprint density at radius 2 is 2.29 bits per heavy atom. The third kappa shape index (κ3) is 2.25. The molecule has 4 heteroatoms. The lowest BCUT2D eigenvalue weighted by Crippen LogP contribution is -2.25. The second-order valence-electron chi connectivity index (χ2n) is 5.75. The molecule has 3 aromatic rings. The first-order chi connectivity index (χ1) is 10.3. The summed E-state index contributed by atoms with van der Waals surface area (Å²) < 4.78 is 5.54. The van der Waals surface area contributed by atoms with Gasteiger partial charge in [0.1, 0.15) is 5.76 Å². The summed E-state index contributed by atoms with van der Waals surface area (Å²) in [5.74, 6) is 1.62. The normalized spacial score (nSPS) is 18.0. The predicted molar refractivity (Wildman–Crippen MR) is 82.1 cm³/mol. The number of oxazole rings is 1. The number of aryl methyl sites for hydroxylation is 2. The number of hydrogen-bond acceptors (Lipinski definition) is 3. The molecular formula is C17H19N3O. The van der Waals surface area contributed by atoms with E-state index in [2.05, 4.69) is 39.6 Å². The van der Waals surface area contributed by atoms with Crippen LogP contribution in [-0.4, -0.2) is 9.97 Å². The number of aromatic nitrogens is 2. The van der Waals surface area contributed by atoms with Gasteiger partial charge in [0.25, 0.3) is 0 Å². The van der Waals surface area contributed by atoms with Gasteiger partial charge in [0.2, 0.25) is 5.89 Å². The largest absolute Gasteiger partial charge is 0.445 e. The number of nitrogens with one attached hydrogen (secondary N) is 2. The number of rotatable bonds is 3. The fourth-order valence-electron chi connectivity index (χ4n) is 3.31. The molecule has 0 fully saturated rings. The summed E-state index contributed by atoms with van der Waals surface area (Å²) in [4.78, 5) is 7.85. The molecule has 2 aromatic heterocycles. The fraction of sp³-hybridized carbons (Fsp3) is 0.353. The van der Waals surface area contributed by atoms with Gasteiger partial charge in [-0.15, -0.1) is 0 Å². The number of benzene rings is 1. The maximum atomic E-state index is 5.54. The Labute approximate surface area is 123 Å². The first kappa shape index (κ1) is 12.7. The van der Waals surface area contributed by atoms with Crippen LogP contribution in [0.3, 0.4) is 0 Å². The van der Waals surface area contributed by atoms with Crippen LogP contribution in [0.2, 0.25) is 0 Å². The molecule has 21 heavy (non-hydrogen) atoms. The van der Waals surface area contributed by atoms with Crippen molar-refractivity contribution in [3.8, 4) is 0 Å². The van der Waals surface area contributed by atoms with Crippen molar-refractivity contribution in [3.63, 3.8) is 0 Å². The van der Waals surface area contributed by atoms with Gasteiger partial charge in [-0.2, -0.15) is 0 Å². The van der Waals surface area contributed by atoms with E-state index in [-0.39, 0.29) is 0 Å². The van der Waals surface area contributed by atoms with Gasteiger partial charge < -0.3 is 14.7 Å². The first-order valence-corrected chi connectivity index (χ1v) is 7.55. The monoisotopic (exact) mass is 281 g/mol. The van der Waals surface area contributed by atoms with Crippen molar-refractivity contribution in [2.45, 2.75) is 38.8 Å². The van der Waals surface area contributed by atoms with Gasteiger partial charge in [-0.05, 0) is 37.8 Å². The molecule has 0 saturated heterocycles. The van der Waals surface area contributed by atoms with Crippen molar-refractivity contribution < 1.29 is 4.42 Å². The SMILES string of the molecule is Cc1cnc(CNC2CCCc3c2[nH]c2ccccc32)o1. The summed E-state index contributed by atoms with van der Waals surface area (Å²) in [5.41, 5.74) is 4.05. The van der Waals surface area contributed by atoms with Crippen molar-refractivity contribution in [3.05, 3.63) is 53.4 Å². The molecule has 1 atom stereocenters. The van der Waals surface area contributed by atoms with Crippen LogP contribution in [0.15, 0.2) is 34.9 Å². The zero-order valence-electron chi connectivity index (χ0n) is 12.1. The van der Waals surface area contributed by atoms with Crippen LogP contribution in [-0.2, 0) is 13.0 Å². The van der Waals surface area contributed by atoms with Gasteiger partial charge in [-0.1, -0.05) is 18.2 Å². The van der Waals surface area contributed by atoms with Gasteiger partial charge in [0, 0.05) is 22.6 Å². The molecule has 1 aliphatic rings. The Balaban J connectivity index is 1.61. The van der Waals surface area contributed by atoms with Gasteiger partial charge in [0.05, 0.1) is 12.7 Å². The third-order valence-electron chi connectivity index (χ3n) is 4.28. The molecule has 4 rings (SSSR count). The fourth-order valence-corrected chi connectivity index (χ4v) is 3.31. The topological polar surface area (TPSA) is 53.9 Å². The molecule has 0 saturated carbocycles. The predicted octanol–water partition coefficient (Wildman–Crippen LogP) is 3.63. The number of para-hydroxylation sites is 1. The molecule has 0 amide bonds. The van der Waals surface area contributed by atoms with Gasteiger partial charge in [-0.3, -0.25) is 0 Å². The van der Waals surface area contributed by atoms with Gasteiger partial charge in [0.15, 0.2) is 0 Å². The van der Waals surface area contributed by atoms with Crippen LogP contribution in [0.5, 0.6) is 0 Å². The van der Waals surface area contributed by atoms with E-state index in [1.165, 1.54) is 28.6 Å². The van der Waals surface area contributed by atoms with E-state index in [4.69, 9.17) is 4.42 Å². The second kappa shape index (κ2) is 5.04. The highest BCUT2D eigenvalue weighted by atomic mass is 16.4. The molecule has 2 heterocycles. The minimum absolute atomic E-state index is 0.355. The van der Waals surface area contributed by atoms with E-state index in [1.54, 1.807) is 6.20 Å². The summed E-state index contributed by atoms with van der Waals surface area (Å²) in [5, 5.41) is 4.95. The molecule has 0 aliphatic heterocycles. The average Bonchev–Trinajstić information content (AvgIpc) is 3.09. The van der Waals surface area contributed by atoms with Crippen molar-refractivity contribution in [1.29, 1.82) is 0 Å². The summed E-state index contributed by atoms with van der Waals surface area (Å²) in [6.07, 6.45) is 5.30. The first-order valence-electron chi connectivity index (χ1n) is 7.55. The summed E-state index contributed by atoms with van der Waals surface area (Å²) in [7, 11) is 0. The van der Waals surface area contributed by atoms with Crippen molar-refractivity contribution in [2.75, 3.05) is 0 Å². The number of fused-ring (bicyclic) bond motifs is 3. The van der Waals surface area contributed by atoms with E-state index >= 15 is 0 Å². The Kier molecular flexibility index (Phi) is 3.04. The molecule has 0 spiro atoms. The lowest BCUT2D eigenvalue weighted by molar-refractivity contribution is 0.398. The van der Waals surface area contributed by atoms with Crippen LogP contribution >= 0.6 is 0 Å². The Hall–Kier alpha value is -2.07. The van der Waals surface area contributed by atoms with Crippen LogP contribution in [0, 0.1) is 6.92 Å². The highest BCUT2D eigenvalue weighted by Gasteiger charge is 2.24. The van der Waals surface area contributed by atoms with Gasteiger partial charge in [-0.25, -0.2) is 4.98 Å². The number of hydrogen-bond donors (Lipinski definition) is 2. The van der Waals surface area contributed by atoms with Crippen molar-refractivity contribution in [2.24, 2.45) is 0 Å². The van der Waals surface area contributed by atoms with Crippen molar-refractivity contribution >= 4 is 10.9 Å². The molecular weight excluding hydrogens is 262 g/mol. The molecule has 1 aliphatic carbocycles. The highest BCUT2D eigenvalue weighted by molar-refractivity contribution is 5.85. The summed E-state index contributed by atoms with van der Waals surface area (Å²) in [6.45, 7) is 2.60. The second-order valence-corrected chi connectivity index (χ2v) is 5.75. The van der Waals surface area contributed by atoms with Gasteiger partial charge >= 0.3 is 0 Å². The molecule has 4 nitrogen and oxygen atoms in total. The lowest BCUT2D eigenvalue weighted by Gasteiger charge is -2.23. The maximum Gasteiger partial charge on any atom is 0.208 e. The molecule has 1 aromatic carbocycles. The Morgan fingerprint density at radius 3 is 3.14 bits per heavy atom. The molecule has 0 bridgehead atoms. The van der Waals surface area contributed by atoms with E-state index in [9.17, 15) is 0 Å². The quantitative estimate of drug-likeness (QED) is 0.770. The van der Waals surface area contributed by atoms with E-state index in [1.807, 2.05) is 6.92 Å². The number of aromatic amines is 1. The lowest BCUT2D eigenvalue weighted by atomic mass is 9.92. The zero-order valence-corrected chi connectivity index (χ0v) is 12.1. The molecule has 1 unspecified atom stereocenters. The van der Waals surface area contributed by atoms with Crippen LogP contribution < -0.4 is 5.32 Å². The average molecular weight is 281 g/mol.